The number of amides is 1. The van der Waals surface area contributed by atoms with Gasteiger partial charge in [0.2, 0.25) is 5.91 Å². The molecule has 3 rings (SSSR count). The third-order valence-corrected chi connectivity index (χ3v) is 4.85. The highest BCUT2D eigenvalue weighted by atomic mass is 35.5. The topological polar surface area (TPSA) is 35.6 Å². The van der Waals surface area contributed by atoms with Gasteiger partial charge in [0.05, 0.1) is 0 Å². The van der Waals surface area contributed by atoms with Crippen molar-refractivity contribution < 1.29 is 4.79 Å². The summed E-state index contributed by atoms with van der Waals surface area (Å²) in [4.78, 5) is 16.9. The lowest BCUT2D eigenvalue weighted by molar-refractivity contribution is -0.111. The van der Waals surface area contributed by atoms with Crippen molar-refractivity contribution in [3.8, 4) is 0 Å². The molecule has 1 saturated heterocycles. The second kappa shape index (κ2) is 8.39. The quantitative estimate of drug-likeness (QED) is 0.826. The number of piperazine rings is 1. The molecule has 0 unspecified atom stereocenters. The SMILES string of the molecule is Cc1cc(N2CCN(C)CC2)ccc1NC(=O)/C=C/c1cccc(Cl)c1. The Bertz CT molecular complexity index is 811. The standard InChI is InChI=1S/C21H24ClN3O/c1-16-14-19(25-12-10-24(2)11-13-25)7-8-20(16)23-21(26)9-6-17-4-3-5-18(22)15-17/h3-9,14-15H,10-13H2,1-2H3,(H,23,26)/b9-6+. The largest absolute Gasteiger partial charge is 0.369 e. The third-order valence-electron chi connectivity index (χ3n) is 4.61. The molecule has 2 aromatic carbocycles. The van der Waals surface area contributed by atoms with E-state index in [2.05, 4.69) is 34.3 Å². The van der Waals surface area contributed by atoms with E-state index >= 15 is 0 Å². The molecular weight excluding hydrogens is 346 g/mol. The van der Waals surface area contributed by atoms with Gasteiger partial charge in [0, 0.05) is 48.7 Å². The second-order valence-corrected chi connectivity index (χ2v) is 7.10. The highest BCUT2D eigenvalue weighted by Gasteiger charge is 2.15. The van der Waals surface area contributed by atoms with Crippen LogP contribution in [0.2, 0.25) is 5.02 Å². The molecule has 0 spiro atoms. The van der Waals surface area contributed by atoms with Gasteiger partial charge in [-0.2, -0.15) is 0 Å². The summed E-state index contributed by atoms with van der Waals surface area (Å²) in [7, 11) is 2.15. The van der Waals surface area contributed by atoms with Gasteiger partial charge in [-0.1, -0.05) is 23.7 Å². The third kappa shape index (κ3) is 4.87. The Kier molecular flexibility index (Phi) is 5.96. The molecule has 1 N–H and O–H groups in total. The smallest absolute Gasteiger partial charge is 0.248 e. The van der Waals surface area contributed by atoms with Crippen molar-refractivity contribution >= 4 is 35.0 Å². The summed E-state index contributed by atoms with van der Waals surface area (Å²) >= 11 is 5.96. The van der Waals surface area contributed by atoms with Gasteiger partial charge in [0.15, 0.2) is 0 Å². The minimum atomic E-state index is -0.152. The van der Waals surface area contributed by atoms with Crippen LogP contribution in [0.4, 0.5) is 11.4 Å². The first-order chi connectivity index (χ1) is 12.5. The van der Waals surface area contributed by atoms with Crippen LogP contribution in [0.3, 0.4) is 0 Å². The molecule has 0 aromatic heterocycles. The van der Waals surface area contributed by atoms with Crippen LogP contribution < -0.4 is 10.2 Å². The number of rotatable bonds is 4. The number of carbonyl (C=O) groups is 1. The maximum atomic E-state index is 12.2. The maximum Gasteiger partial charge on any atom is 0.248 e. The summed E-state index contributed by atoms with van der Waals surface area (Å²) in [5.74, 6) is -0.152. The molecule has 136 valence electrons. The maximum absolute atomic E-state index is 12.2. The van der Waals surface area contributed by atoms with Crippen molar-refractivity contribution in [1.29, 1.82) is 0 Å². The number of halogens is 1. The van der Waals surface area contributed by atoms with Gasteiger partial charge >= 0.3 is 0 Å². The van der Waals surface area contributed by atoms with E-state index in [9.17, 15) is 4.79 Å². The van der Waals surface area contributed by atoms with Crippen molar-refractivity contribution in [2.45, 2.75) is 6.92 Å². The van der Waals surface area contributed by atoms with Crippen LogP contribution in [-0.4, -0.2) is 44.0 Å². The van der Waals surface area contributed by atoms with E-state index in [1.165, 1.54) is 11.8 Å². The van der Waals surface area contributed by atoms with E-state index in [0.717, 1.165) is 43.0 Å². The predicted octanol–water partition coefficient (Wildman–Crippen LogP) is 4.05. The van der Waals surface area contributed by atoms with Crippen LogP contribution in [0.5, 0.6) is 0 Å². The van der Waals surface area contributed by atoms with Crippen LogP contribution in [0.25, 0.3) is 6.08 Å². The molecule has 2 aromatic rings. The summed E-state index contributed by atoms with van der Waals surface area (Å²) < 4.78 is 0. The van der Waals surface area contributed by atoms with Crippen molar-refractivity contribution in [2.24, 2.45) is 0 Å². The molecule has 1 fully saturated rings. The number of nitrogens with zero attached hydrogens (tertiary/aromatic N) is 2. The van der Waals surface area contributed by atoms with E-state index in [0.29, 0.717) is 5.02 Å². The van der Waals surface area contributed by atoms with Gasteiger partial charge in [-0.25, -0.2) is 0 Å². The van der Waals surface area contributed by atoms with Gasteiger partial charge < -0.3 is 15.1 Å². The molecular formula is C21H24ClN3O. The minimum Gasteiger partial charge on any atom is -0.369 e. The first kappa shape index (κ1) is 18.5. The zero-order chi connectivity index (χ0) is 18.5. The van der Waals surface area contributed by atoms with Crippen molar-refractivity contribution in [3.05, 3.63) is 64.7 Å². The number of aryl methyl sites for hydroxylation is 1. The number of hydrogen-bond acceptors (Lipinski definition) is 3. The van der Waals surface area contributed by atoms with Crippen LogP contribution in [0.15, 0.2) is 48.5 Å². The lowest BCUT2D eigenvalue weighted by Gasteiger charge is -2.34. The van der Waals surface area contributed by atoms with Crippen LogP contribution >= 0.6 is 11.6 Å². The molecule has 4 nitrogen and oxygen atoms in total. The van der Waals surface area contributed by atoms with Crippen LogP contribution in [0, 0.1) is 6.92 Å². The summed E-state index contributed by atoms with van der Waals surface area (Å²) in [5.41, 5.74) is 4.01. The zero-order valence-corrected chi connectivity index (χ0v) is 16.0. The van der Waals surface area contributed by atoms with Crippen LogP contribution in [-0.2, 0) is 4.79 Å². The average molecular weight is 370 g/mol. The van der Waals surface area contributed by atoms with E-state index in [1.807, 2.05) is 37.3 Å². The van der Waals surface area contributed by atoms with Gasteiger partial charge in [0.25, 0.3) is 0 Å². The second-order valence-electron chi connectivity index (χ2n) is 6.67. The van der Waals surface area contributed by atoms with Crippen molar-refractivity contribution in [3.63, 3.8) is 0 Å². The molecule has 1 amide bonds. The summed E-state index contributed by atoms with van der Waals surface area (Å²) in [5, 5.41) is 3.60. The molecule has 0 aliphatic carbocycles. The molecule has 1 aliphatic rings. The highest BCUT2D eigenvalue weighted by molar-refractivity contribution is 6.30. The van der Waals surface area contributed by atoms with E-state index in [-0.39, 0.29) is 5.91 Å². The average Bonchev–Trinajstić information content (AvgIpc) is 2.62. The van der Waals surface area contributed by atoms with Gasteiger partial charge in [-0.15, -0.1) is 0 Å². The molecule has 0 radical (unpaired) electrons. The first-order valence-electron chi connectivity index (χ1n) is 8.80. The fourth-order valence-corrected chi connectivity index (χ4v) is 3.20. The molecule has 5 heteroatoms. The fourth-order valence-electron chi connectivity index (χ4n) is 3.01. The molecule has 1 aliphatic heterocycles. The Morgan fingerprint density at radius 2 is 1.88 bits per heavy atom. The summed E-state index contributed by atoms with van der Waals surface area (Å²) in [6.45, 7) is 6.24. The zero-order valence-electron chi connectivity index (χ0n) is 15.2. The number of nitrogens with one attached hydrogen (secondary N) is 1. The number of carbonyl (C=O) groups excluding carboxylic acids is 1. The van der Waals surface area contributed by atoms with Gasteiger partial charge in [0.1, 0.15) is 0 Å². The van der Waals surface area contributed by atoms with Crippen LogP contribution in [0.1, 0.15) is 11.1 Å². The summed E-state index contributed by atoms with van der Waals surface area (Å²) in [6, 6.07) is 13.6. The Labute approximate surface area is 160 Å². The molecule has 0 atom stereocenters. The number of benzene rings is 2. The molecule has 26 heavy (non-hydrogen) atoms. The predicted molar refractivity (Wildman–Crippen MR) is 110 cm³/mol. The van der Waals surface area contributed by atoms with Crippen molar-refractivity contribution in [1.82, 2.24) is 4.90 Å². The molecule has 0 bridgehead atoms. The Morgan fingerprint density at radius 3 is 2.58 bits per heavy atom. The lowest BCUT2D eigenvalue weighted by atomic mass is 10.1. The Morgan fingerprint density at radius 1 is 1.12 bits per heavy atom. The monoisotopic (exact) mass is 369 g/mol. The van der Waals surface area contributed by atoms with Gasteiger partial charge in [-0.05, 0) is 61.5 Å². The van der Waals surface area contributed by atoms with E-state index in [4.69, 9.17) is 11.6 Å². The van der Waals surface area contributed by atoms with Crippen molar-refractivity contribution in [2.75, 3.05) is 43.4 Å². The molecule has 1 heterocycles. The minimum absolute atomic E-state index is 0.152. The first-order valence-corrected chi connectivity index (χ1v) is 9.18. The highest BCUT2D eigenvalue weighted by Crippen LogP contribution is 2.23. The van der Waals surface area contributed by atoms with E-state index in [1.54, 1.807) is 6.08 Å². The number of hydrogen-bond donors (Lipinski definition) is 1. The van der Waals surface area contributed by atoms with E-state index < -0.39 is 0 Å². The molecule has 0 saturated carbocycles. The summed E-state index contributed by atoms with van der Waals surface area (Å²) in [6.07, 6.45) is 3.29. The number of likely N-dealkylation sites (N-methyl/N-ethyl adjacent to an activating group) is 1. The van der Waals surface area contributed by atoms with Gasteiger partial charge in [-0.3, -0.25) is 4.79 Å². The normalized spacial score (nSPS) is 15.4. The Hall–Kier alpha value is -2.30. The lowest BCUT2D eigenvalue weighted by Crippen LogP contribution is -2.44. The Balaban J connectivity index is 1.63. The number of anilines is 2. The fraction of sp³-hybridized carbons (Fsp3) is 0.286.